The lowest BCUT2D eigenvalue weighted by molar-refractivity contribution is -0.129. The molecule has 1 aromatic carbocycles. The highest BCUT2D eigenvalue weighted by Gasteiger charge is 2.45. The van der Waals surface area contributed by atoms with E-state index in [1.165, 1.54) is 5.56 Å². The van der Waals surface area contributed by atoms with Gasteiger partial charge >= 0.3 is 0 Å². The second-order valence-corrected chi connectivity index (χ2v) is 8.23. The van der Waals surface area contributed by atoms with Gasteiger partial charge in [0.15, 0.2) is 0 Å². The first-order chi connectivity index (χ1) is 13.6. The van der Waals surface area contributed by atoms with Crippen molar-refractivity contribution in [1.82, 2.24) is 19.4 Å². The summed E-state index contributed by atoms with van der Waals surface area (Å²) in [6.07, 6.45) is 8.12. The molecule has 5 heteroatoms. The zero-order valence-corrected chi connectivity index (χ0v) is 16.1. The highest BCUT2D eigenvalue weighted by Crippen LogP contribution is 2.42. The maximum Gasteiger partial charge on any atom is 0.227 e. The molecule has 1 fully saturated rings. The zero-order chi connectivity index (χ0) is 19.1. The molecule has 28 heavy (non-hydrogen) atoms. The topological polar surface area (TPSA) is 51.0 Å². The number of fused-ring (bicyclic) bond motifs is 1. The minimum atomic E-state index is 0.127. The number of carbonyl (C=O) groups excluding carboxylic acids is 1. The maximum absolute atomic E-state index is 12.9. The predicted octanol–water partition coefficient (Wildman–Crippen LogP) is 3.27. The summed E-state index contributed by atoms with van der Waals surface area (Å²) in [5, 5.41) is 0. The fraction of sp³-hybridized carbons (Fsp3) is 0.348. The van der Waals surface area contributed by atoms with Gasteiger partial charge in [0.1, 0.15) is 5.82 Å². The van der Waals surface area contributed by atoms with Gasteiger partial charge < -0.3 is 9.47 Å². The third-order valence-electron chi connectivity index (χ3n) is 6.32. The van der Waals surface area contributed by atoms with Crippen LogP contribution in [-0.2, 0) is 24.2 Å². The molecule has 2 aliphatic rings. The van der Waals surface area contributed by atoms with Gasteiger partial charge in [0.05, 0.1) is 18.3 Å². The number of carbonyl (C=O) groups is 1. The van der Waals surface area contributed by atoms with Gasteiger partial charge in [-0.3, -0.25) is 9.78 Å². The van der Waals surface area contributed by atoms with Gasteiger partial charge in [-0.15, -0.1) is 0 Å². The van der Waals surface area contributed by atoms with E-state index in [4.69, 9.17) is 0 Å². The number of rotatable bonds is 3. The Hall–Kier alpha value is -2.95. The minimum Gasteiger partial charge on any atom is -0.342 e. The summed E-state index contributed by atoms with van der Waals surface area (Å²) in [5.74, 6) is 1.37. The van der Waals surface area contributed by atoms with Crippen LogP contribution in [0.25, 0.3) is 11.3 Å². The number of likely N-dealkylation sites (tertiary alicyclic amines) is 1. The van der Waals surface area contributed by atoms with E-state index in [1.54, 1.807) is 6.20 Å². The molecule has 0 aliphatic carbocycles. The molecule has 5 rings (SSSR count). The highest BCUT2D eigenvalue weighted by atomic mass is 16.2. The van der Waals surface area contributed by atoms with Crippen molar-refractivity contribution >= 4 is 5.91 Å². The second kappa shape index (κ2) is 6.59. The Balaban J connectivity index is 1.31. The van der Waals surface area contributed by atoms with Crippen molar-refractivity contribution in [3.05, 3.63) is 71.9 Å². The van der Waals surface area contributed by atoms with Gasteiger partial charge in [-0.1, -0.05) is 24.3 Å². The summed E-state index contributed by atoms with van der Waals surface area (Å²) in [6, 6.07) is 12.2. The molecule has 2 aromatic heterocycles. The van der Waals surface area contributed by atoms with Crippen LogP contribution in [0.15, 0.2) is 55.0 Å². The number of hydrogen-bond donors (Lipinski definition) is 0. The Morgan fingerprint density at radius 1 is 1.14 bits per heavy atom. The number of aryl methyl sites for hydroxylation is 1. The third-order valence-corrected chi connectivity index (χ3v) is 6.32. The lowest BCUT2D eigenvalue weighted by atomic mass is 9.86. The van der Waals surface area contributed by atoms with Crippen molar-refractivity contribution in [2.24, 2.45) is 5.41 Å². The van der Waals surface area contributed by atoms with Gasteiger partial charge in [0, 0.05) is 49.4 Å². The number of imidazole rings is 1. The van der Waals surface area contributed by atoms with Crippen molar-refractivity contribution in [3.8, 4) is 11.3 Å². The van der Waals surface area contributed by atoms with Crippen molar-refractivity contribution in [1.29, 1.82) is 0 Å². The monoisotopic (exact) mass is 372 g/mol. The van der Waals surface area contributed by atoms with Crippen molar-refractivity contribution in [2.75, 3.05) is 13.1 Å². The first kappa shape index (κ1) is 17.2. The minimum absolute atomic E-state index is 0.127. The molecule has 2 aliphatic heterocycles. The first-order valence-corrected chi connectivity index (χ1v) is 9.91. The number of pyridine rings is 1. The number of benzene rings is 1. The van der Waals surface area contributed by atoms with Crippen LogP contribution >= 0.6 is 0 Å². The average Bonchev–Trinajstić information content (AvgIpc) is 3.39. The Morgan fingerprint density at radius 3 is 2.86 bits per heavy atom. The van der Waals surface area contributed by atoms with Crippen LogP contribution in [0, 0.1) is 12.3 Å². The normalized spacial score (nSPS) is 20.7. The zero-order valence-electron chi connectivity index (χ0n) is 16.1. The standard InChI is InChI=1S/C23H24N4O/c1-17-5-2-3-6-18(17)11-22(28)26-10-8-23(15-26)12-21-25-14-20(27(21)16-23)19-7-4-9-24-13-19/h2-7,9,13-14H,8,10-12,15-16H2,1H3/t23-/m0/s1. The van der Waals surface area contributed by atoms with Crippen LogP contribution in [0.5, 0.6) is 0 Å². The molecule has 1 spiro atoms. The Morgan fingerprint density at radius 2 is 2.04 bits per heavy atom. The molecule has 1 amide bonds. The Labute approximate surface area is 165 Å². The maximum atomic E-state index is 12.9. The van der Waals surface area contributed by atoms with E-state index in [0.717, 1.165) is 55.1 Å². The van der Waals surface area contributed by atoms with Crippen molar-refractivity contribution in [3.63, 3.8) is 0 Å². The molecule has 5 nitrogen and oxygen atoms in total. The summed E-state index contributed by atoms with van der Waals surface area (Å²) in [7, 11) is 0. The molecular formula is C23H24N4O. The second-order valence-electron chi connectivity index (χ2n) is 8.23. The van der Waals surface area contributed by atoms with E-state index in [-0.39, 0.29) is 11.3 Å². The first-order valence-electron chi connectivity index (χ1n) is 9.91. The number of amides is 1. The fourth-order valence-electron chi connectivity index (χ4n) is 4.71. The van der Waals surface area contributed by atoms with Crippen molar-refractivity contribution < 1.29 is 4.79 Å². The lowest BCUT2D eigenvalue weighted by Crippen LogP contribution is -2.34. The highest BCUT2D eigenvalue weighted by molar-refractivity contribution is 5.79. The molecule has 142 valence electrons. The summed E-state index contributed by atoms with van der Waals surface area (Å²) in [4.78, 5) is 23.9. The van der Waals surface area contributed by atoms with Crippen molar-refractivity contribution in [2.45, 2.75) is 32.7 Å². The van der Waals surface area contributed by atoms with Gasteiger partial charge in [-0.05, 0) is 36.6 Å². The van der Waals surface area contributed by atoms with E-state index in [2.05, 4.69) is 44.6 Å². The van der Waals surface area contributed by atoms with Crippen LogP contribution in [0.2, 0.25) is 0 Å². The quantitative estimate of drug-likeness (QED) is 0.709. The van der Waals surface area contributed by atoms with E-state index in [1.807, 2.05) is 30.6 Å². The van der Waals surface area contributed by atoms with E-state index in [9.17, 15) is 4.79 Å². The van der Waals surface area contributed by atoms with Crippen LogP contribution < -0.4 is 0 Å². The molecule has 1 saturated heterocycles. The Bertz CT molecular complexity index is 1030. The largest absolute Gasteiger partial charge is 0.342 e. The molecule has 0 radical (unpaired) electrons. The number of aromatic nitrogens is 3. The molecule has 0 saturated carbocycles. The van der Waals surface area contributed by atoms with Gasteiger partial charge in [-0.2, -0.15) is 0 Å². The number of nitrogens with zero attached hydrogens (tertiary/aromatic N) is 4. The van der Waals surface area contributed by atoms with E-state index >= 15 is 0 Å². The summed E-state index contributed by atoms with van der Waals surface area (Å²) in [6.45, 7) is 4.68. The van der Waals surface area contributed by atoms with E-state index < -0.39 is 0 Å². The lowest BCUT2D eigenvalue weighted by Gasteiger charge is -2.24. The van der Waals surface area contributed by atoms with Crippen LogP contribution in [0.1, 0.15) is 23.4 Å². The van der Waals surface area contributed by atoms with Gasteiger partial charge in [0.2, 0.25) is 5.91 Å². The smallest absolute Gasteiger partial charge is 0.227 e. The van der Waals surface area contributed by atoms with Gasteiger partial charge in [-0.25, -0.2) is 4.98 Å². The summed E-state index contributed by atoms with van der Waals surface area (Å²) < 4.78 is 2.33. The van der Waals surface area contributed by atoms with E-state index in [0.29, 0.717) is 6.42 Å². The molecule has 0 N–H and O–H groups in total. The molecule has 0 bridgehead atoms. The molecule has 3 aromatic rings. The third kappa shape index (κ3) is 2.91. The fourth-order valence-corrected chi connectivity index (χ4v) is 4.71. The van der Waals surface area contributed by atoms with Crippen LogP contribution in [0.4, 0.5) is 0 Å². The molecule has 1 atom stereocenters. The number of hydrogen-bond acceptors (Lipinski definition) is 3. The predicted molar refractivity (Wildman–Crippen MR) is 108 cm³/mol. The Kier molecular flexibility index (Phi) is 4.04. The molecular weight excluding hydrogens is 348 g/mol. The SMILES string of the molecule is Cc1ccccc1CC(=O)N1CC[C@]2(Cc3ncc(-c4cccnc4)n3C2)C1. The van der Waals surface area contributed by atoms with Crippen LogP contribution in [0.3, 0.4) is 0 Å². The molecule has 0 unspecified atom stereocenters. The summed E-state index contributed by atoms with van der Waals surface area (Å²) >= 11 is 0. The van der Waals surface area contributed by atoms with Gasteiger partial charge in [0.25, 0.3) is 0 Å². The average molecular weight is 372 g/mol. The van der Waals surface area contributed by atoms with Crippen LogP contribution in [-0.4, -0.2) is 38.4 Å². The summed E-state index contributed by atoms with van der Waals surface area (Å²) in [5.41, 5.74) is 4.68. The molecule has 4 heterocycles.